The SMILES string of the molecule is O=C(C[C@H]1CCS(=O)(=O)C1)OCc1nc2ccccc2s1. The van der Waals surface area contributed by atoms with Gasteiger partial charge in [-0.3, -0.25) is 4.79 Å². The fourth-order valence-corrected chi connectivity index (χ4v) is 5.19. The van der Waals surface area contributed by atoms with Gasteiger partial charge in [0.1, 0.15) is 11.6 Å². The highest BCUT2D eigenvalue weighted by Gasteiger charge is 2.29. The molecule has 1 aliphatic heterocycles. The van der Waals surface area contributed by atoms with Gasteiger partial charge in [-0.1, -0.05) is 12.1 Å². The highest BCUT2D eigenvalue weighted by atomic mass is 32.2. The Bertz CT molecular complexity index is 733. The number of fused-ring (bicyclic) bond motifs is 1. The number of hydrogen-bond donors (Lipinski definition) is 0. The van der Waals surface area contributed by atoms with E-state index in [0.717, 1.165) is 15.2 Å². The molecule has 0 N–H and O–H groups in total. The lowest BCUT2D eigenvalue weighted by molar-refractivity contribution is -0.145. The van der Waals surface area contributed by atoms with Crippen LogP contribution in [-0.2, 0) is 26.0 Å². The second-order valence-electron chi connectivity index (χ2n) is 5.21. The first kappa shape index (κ1) is 14.5. The van der Waals surface area contributed by atoms with Crippen molar-refractivity contribution in [1.82, 2.24) is 4.98 Å². The van der Waals surface area contributed by atoms with E-state index in [1.807, 2.05) is 24.3 Å². The number of benzene rings is 1. The van der Waals surface area contributed by atoms with Crippen molar-refractivity contribution in [2.45, 2.75) is 19.4 Å². The maximum atomic E-state index is 11.8. The maximum Gasteiger partial charge on any atom is 0.306 e. The van der Waals surface area contributed by atoms with Crippen LogP contribution >= 0.6 is 11.3 Å². The average Bonchev–Trinajstić information content (AvgIpc) is 2.99. The van der Waals surface area contributed by atoms with Crippen molar-refractivity contribution < 1.29 is 17.9 Å². The van der Waals surface area contributed by atoms with Gasteiger partial charge >= 0.3 is 5.97 Å². The molecule has 3 rings (SSSR count). The number of rotatable bonds is 4. The zero-order valence-electron chi connectivity index (χ0n) is 11.3. The predicted molar refractivity (Wildman–Crippen MR) is 80.8 cm³/mol. The molecule has 0 radical (unpaired) electrons. The van der Waals surface area contributed by atoms with Crippen LogP contribution < -0.4 is 0 Å². The van der Waals surface area contributed by atoms with Crippen molar-refractivity contribution in [2.75, 3.05) is 11.5 Å². The van der Waals surface area contributed by atoms with Gasteiger partial charge in [0, 0.05) is 6.42 Å². The third-order valence-electron chi connectivity index (χ3n) is 3.48. The van der Waals surface area contributed by atoms with Crippen molar-refractivity contribution in [3.63, 3.8) is 0 Å². The van der Waals surface area contributed by atoms with E-state index >= 15 is 0 Å². The molecule has 2 aromatic rings. The normalized spacial score (nSPS) is 20.7. The number of carbonyl (C=O) groups is 1. The maximum absolute atomic E-state index is 11.8. The molecule has 7 heteroatoms. The summed E-state index contributed by atoms with van der Waals surface area (Å²) >= 11 is 1.50. The van der Waals surface area contributed by atoms with Gasteiger partial charge in [0.05, 0.1) is 21.7 Å². The minimum Gasteiger partial charge on any atom is -0.458 e. The molecule has 0 aliphatic carbocycles. The summed E-state index contributed by atoms with van der Waals surface area (Å²) in [5, 5.41) is 0.753. The molecule has 1 atom stereocenters. The number of aromatic nitrogens is 1. The largest absolute Gasteiger partial charge is 0.458 e. The molecule has 0 spiro atoms. The van der Waals surface area contributed by atoms with Crippen molar-refractivity contribution in [2.24, 2.45) is 5.92 Å². The van der Waals surface area contributed by atoms with Crippen molar-refractivity contribution in [1.29, 1.82) is 0 Å². The van der Waals surface area contributed by atoms with Crippen LogP contribution in [0.4, 0.5) is 0 Å². The van der Waals surface area contributed by atoms with Gasteiger partial charge < -0.3 is 4.74 Å². The van der Waals surface area contributed by atoms with Crippen LogP contribution in [0.2, 0.25) is 0 Å². The van der Waals surface area contributed by atoms with E-state index in [4.69, 9.17) is 4.74 Å². The van der Waals surface area contributed by atoms with Gasteiger partial charge in [-0.05, 0) is 24.5 Å². The summed E-state index contributed by atoms with van der Waals surface area (Å²) in [5.74, 6) is -0.166. The van der Waals surface area contributed by atoms with Crippen LogP contribution in [-0.4, -0.2) is 30.9 Å². The second-order valence-corrected chi connectivity index (χ2v) is 8.55. The summed E-state index contributed by atoms with van der Waals surface area (Å²) in [6.07, 6.45) is 0.725. The molecule has 21 heavy (non-hydrogen) atoms. The third-order valence-corrected chi connectivity index (χ3v) is 6.32. The number of esters is 1. The van der Waals surface area contributed by atoms with Gasteiger partial charge in [0.25, 0.3) is 0 Å². The topological polar surface area (TPSA) is 73.3 Å². The summed E-state index contributed by atoms with van der Waals surface area (Å²) in [5.41, 5.74) is 0.899. The summed E-state index contributed by atoms with van der Waals surface area (Å²) in [4.78, 5) is 16.1. The lowest BCUT2D eigenvalue weighted by Gasteiger charge is -2.06. The molecule has 0 amide bonds. The third kappa shape index (κ3) is 3.59. The van der Waals surface area contributed by atoms with Crippen LogP contribution in [0.3, 0.4) is 0 Å². The molecule has 112 valence electrons. The fourth-order valence-electron chi connectivity index (χ4n) is 2.45. The minimum atomic E-state index is -2.94. The molecule has 1 fully saturated rings. The predicted octanol–water partition coefficient (Wildman–Crippen LogP) is 2.16. The van der Waals surface area contributed by atoms with Gasteiger partial charge in [0.2, 0.25) is 0 Å². The zero-order chi connectivity index (χ0) is 14.9. The van der Waals surface area contributed by atoms with Crippen LogP contribution in [0.25, 0.3) is 10.2 Å². The first-order chi connectivity index (χ1) is 10.0. The van der Waals surface area contributed by atoms with Gasteiger partial charge in [-0.2, -0.15) is 0 Å². The number of para-hydroxylation sites is 1. The van der Waals surface area contributed by atoms with E-state index in [0.29, 0.717) is 6.42 Å². The Kier molecular flexibility index (Phi) is 3.95. The average molecular weight is 325 g/mol. The van der Waals surface area contributed by atoms with Crippen LogP contribution in [0.5, 0.6) is 0 Å². The number of sulfone groups is 1. The second kappa shape index (κ2) is 5.73. The molecular formula is C14H15NO4S2. The summed E-state index contributed by atoms with van der Waals surface area (Å²) in [6, 6.07) is 7.75. The molecule has 1 saturated heterocycles. The smallest absolute Gasteiger partial charge is 0.306 e. The standard InChI is InChI=1S/C14H15NO4S2/c16-14(7-10-5-6-21(17,18)9-10)19-8-13-15-11-3-1-2-4-12(11)20-13/h1-4,10H,5-9H2/t10-/m1/s1. The first-order valence-corrected chi connectivity index (χ1v) is 9.36. The lowest BCUT2D eigenvalue weighted by Crippen LogP contribution is -2.13. The molecular weight excluding hydrogens is 310 g/mol. The number of thiazole rings is 1. The van der Waals surface area contributed by atoms with E-state index in [9.17, 15) is 13.2 Å². The van der Waals surface area contributed by atoms with Gasteiger partial charge in [0.15, 0.2) is 9.84 Å². The van der Waals surface area contributed by atoms with E-state index < -0.39 is 9.84 Å². The lowest BCUT2D eigenvalue weighted by atomic mass is 10.1. The summed E-state index contributed by atoms with van der Waals surface area (Å²) in [6.45, 7) is 0.150. The number of ether oxygens (including phenoxy) is 1. The van der Waals surface area contributed by atoms with E-state index in [1.165, 1.54) is 11.3 Å². The van der Waals surface area contributed by atoms with Crippen LogP contribution in [0.15, 0.2) is 24.3 Å². The highest BCUT2D eigenvalue weighted by Crippen LogP contribution is 2.24. The summed E-state index contributed by atoms with van der Waals surface area (Å²) < 4.78 is 28.9. The van der Waals surface area contributed by atoms with Gasteiger partial charge in [-0.15, -0.1) is 11.3 Å². The number of hydrogen-bond acceptors (Lipinski definition) is 6. The molecule has 0 bridgehead atoms. The fraction of sp³-hybridized carbons (Fsp3) is 0.429. The zero-order valence-corrected chi connectivity index (χ0v) is 13.0. The van der Waals surface area contributed by atoms with Crippen molar-refractivity contribution in [3.8, 4) is 0 Å². The van der Waals surface area contributed by atoms with Gasteiger partial charge in [-0.25, -0.2) is 13.4 Å². The van der Waals surface area contributed by atoms with Crippen LogP contribution in [0, 0.1) is 5.92 Å². The van der Waals surface area contributed by atoms with E-state index in [1.54, 1.807) is 0 Å². The molecule has 1 aliphatic rings. The van der Waals surface area contributed by atoms with E-state index in [-0.39, 0.29) is 36.4 Å². The van der Waals surface area contributed by atoms with Crippen molar-refractivity contribution in [3.05, 3.63) is 29.3 Å². The highest BCUT2D eigenvalue weighted by molar-refractivity contribution is 7.91. The molecule has 1 aromatic heterocycles. The molecule has 0 unspecified atom stereocenters. The Morgan fingerprint density at radius 1 is 1.38 bits per heavy atom. The quantitative estimate of drug-likeness (QED) is 0.806. The molecule has 5 nitrogen and oxygen atoms in total. The number of carbonyl (C=O) groups excluding carboxylic acids is 1. The Hall–Kier alpha value is -1.47. The first-order valence-electron chi connectivity index (χ1n) is 6.72. The Morgan fingerprint density at radius 2 is 2.19 bits per heavy atom. The Morgan fingerprint density at radius 3 is 2.90 bits per heavy atom. The van der Waals surface area contributed by atoms with E-state index in [2.05, 4.69) is 4.98 Å². The monoisotopic (exact) mass is 325 g/mol. The Balaban J connectivity index is 1.54. The molecule has 1 aromatic carbocycles. The Labute approximate surface area is 126 Å². The van der Waals surface area contributed by atoms with Crippen molar-refractivity contribution >= 4 is 37.4 Å². The molecule has 0 saturated carbocycles. The number of nitrogens with zero attached hydrogens (tertiary/aromatic N) is 1. The van der Waals surface area contributed by atoms with Crippen LogP contribution in [0.1, 0.15) is 17.8 Å². The summed E-state index contributed by atoms with van der Waals surface area (Å²) in [7, 11) is -2.94. The molecule has 2 heterocycles. The minimum absolute atomic E-state index is 0.0992.